The van der Waals surface area contributed by atoms with Crippen LogP contribution in [0.2, 0.25) is 0 Å². The molecule has 1 unspecified atom stereocenters. The van der Waals surface area contributed by atoms with E-state index in [9.17, 15) is 14.4 Å². The van der Waals surface area contributed by atoms with E-state index in [1.807, 2.05) is 0 Å². The third kappa shape index (κ3) is 12.5. The molecule has 33 heavy (non-hydrogen) atoms. The van der Waals surface area contributed by atoms with E-state index in [4.69, 9.17) is 23.7 Å². The van der Waals surface area contributed by atoms with Crippen molar-refractivity contribution in [3.8, 4) is 0 Å². The normalized spacial score (nSPS) is 19.4. The maximum atomic E-state index is 11.8. The number of carbonyl (C=O) groups is 3. The number of rotatable bonds is 16. The summed E-state index contributed by atoms with van der Waals surface area (Å²) in [4.78, 5) is 35.7. The van der Waals surface area contributed by atoms with Gasteiger partial charge >= 0.3 is 6.09 Å². The van der Waals surface area contributed by atoms with Crippen LogP contribution in [0.4, 0.5) is 4.79 Å². The molecule has 1 aliphatic heterocycles. The Labute approximate surface area is 195 Å². The first-order valence-electron chi connectivity index (χ1n) is 11.6. The molecule has 1 N–H and O–H groups in total. The number of hydrogen-bond donors (Lipinski definition) is 1. The monoisotopic (exact) mass is 468 g/mol. The van der Waals surface area contributed by atoms with Crippen LogP contribution in [0.15, 0.2) is 24.3 Å². The van der Waals surface area contributed by atoms with Crippen LogP contribution in [0.1, 0.15) is 32.1 Å². The molecule has 0 saturated heterocycles. The van der Waals surface area contributed by atoms with E-state index in [0.29, 0.717) is 52.8 Å². The summed E-state index contributed by atoms with van der Waals surface area (Å²) < 4.78 is 27.0. The second kappa shape index (κ2) is 17.2. The number of amides is 3. The minimum absolute atomic E-state index is 0.0122. The van der Waals surface area contributed by atoms with Gasteiger partial charge in [-0.2, -0.15) is 0 Å². The SMILES string of the molecule is O=C(NCCOCCOCCOCCOCCN1C(=O)C=CC1=O)OC1CC/C=C/CCC1. The average molecular weight is 469 g/mol. The first kappa shape index (κ1) is 27.0. The van der Waals surface area contributed by atoms with Crippen LogP contribution in [-0.2, 0) is 33.3 Å². The van der Waals surface area contributed by atoms with Gasteiger partial charge in [-0.15, -0.1) is 0 Å². The summed E-state index contributed by atoms with van der Waals surface area (Å²) in [6, 6.07) is 0. The number of nitrogens with one attached hydrogen (secondary N) is 1. The zero-order valence-corrected chi connectivity index (χ0v) is 19.2. The van der Waals surface area contributed by atoms with Gasteiger partial charge < -0.3 is 29.0 Å². The molecule has 10 heteroatoms. The summed E-state index contributed by atoms with van der Waals surface area (Å²) in [6.45, 7) is 3.82. The van der Waals surface area contributed by atoms with Crippen LogP contribution in [0.5, 0.6) is 0 Å². The van der Waals surface area contributed by atoms with Crippen LogP contribution in [-0.4, -0.2) is 94.9 Å². The van der Waals surface area contributed by atoms with Gasteiger partial charge in [-0.25, -0.2) is 4.79 Å². The van der Waals surface area contributed by atoms with Crippen LogP contribution in [0, 0.1) is 0 Å². The first-order chi connectivity index (χ1) is 16.2. The quantitative estimate of drug-likeness (QED) is 0.206. The molecule has 1 aliphatic carbocycles. The number of hydrogen-bond acceptors (Lipinski definition) is 8. The van der Waals surface area contributed by atoms with Gasteiger partial charge in [-0.1, -0.05) is 12.2 Å². The Morgan fingerprint density at radius 2 is 1.39 bits per heavy atom. The molecule has 3 amide bonds. The average Bonchev–Trinajstić information content (AvgIpc) is 3.10. The summed E-state index contributed by atoms with van der Waals surface area (Å²) in [5, 5.41) is 2.71. The number of ether oxygens (including phenoxy) is 5. The number of allylic oxidation sites excluding steroid dienone is 2. The van der Waals surface area contributed by atoms with Crippen molar-refractivity contribution in [3.05, 3.63) is 24.3 Å². The highest BCUT2D eigenvalue weighted by Gasteiger charge is 2.22. The molecule has 1 heterocycles. The van der Waals surface area contributed by atoms with Crippen molar-refractivity contribution in [1.29, 1.82) is 0 Å². The van der Waals surface area contributed by atoms with Crippen molar-refractivity contribution in [2.75, 3.05) is 65.9 Å². The number of carbonyl (C=O) groups excluding carboxylic acids is 3. The Hall–Kier alpha value is -2.27. The smallest absolute Gasteiger partial charge is 0.407 e. The van der Waals surface area contributed by atoms with E-state index in [1.54, 1.807) is 0 Å². The lowest BCUT2D eigenvalue weighted by Crippen LogP contribution is -2.33. The standard InChI is InChI=1S/C23H36N2O8/c26-21-8-9-22(27)25(21)11-13-30-15-17-32-19-18-31-16-14-29-12-10-24-23(28)33-20-6-4-2-1-3-5-7-20/h1-2,8-9,20H,3-7,10-19H2,(H,24,28)/b2-1+. The van der Waals surface area contributed by atoms with E-state index < -0.39 is 0 Å². The molecule has 0 aromatic heterocycles. The van der Waals surface area contributed by atoms with Gasteiger partial charge in [0.2, 0.25) is 0 Å². The largest absolute Gasteiger partial charge is 0.446 e. The predicted octanol–water partition coefficient (Wildman–Crippen LogP) is 1.59. The van der Waals surface area contributed by atoms with Gasteiger partial charge in [0, 0.05) is 18.7 Å². The molecular weight excluding hydrogens is 432 g/mol. The van der Waals surface area contributed by atoms with Crippen molar-refractivity contribution in [1.82, 2.24) is 10.2 Å². The minimum atomic E-state index is -0.388. The molecule has 0 fully saturated rings. The summed E-state index contributed by atoms with van der Waals surface area (Å²) in [7, 11) is 0. The van der Waals surface area contributed by atoms with Crippen molar-refractivity contribution in [2.45, 2.75) is 38.2 Å². The molecule has 0 radical (unpaired) electrons. The number of alkyl carbamates (subject to hydrolysis) is 1. The molecule has 0 spiro atoms. The van der Waals surface area contributed by atoms with E-state index in [2.05, 4.69) is 17.5 Å². The zero-order valence-electron chi connectivity index (χ0n) is 19.2. The molecule has 0 aromatic carbocycles. The van der Waals surface area contributed by atoms with Gasteiger partial charge in [-0.3, -0.25) is 14.5 Å². The third-order valence-corrected chi connectivity index (χ3v) is 4.98. The lowest BCUT2D eigenvalue weighted by molar-refractivity contribution is -0.137. The van der Waals surface area contributed by atoms with Crippen molar-refractivity contribution in [2.24, 2.45) is 0 Å². The zero-order chi connectivity index (χ0) is 23.6. The van der Waals surface area contributed by atoms with Crippen LogP contribution >= 0.6 is 0 Å². The molecule has 0 aromatic rings. The van der Waals surface area contributed by atoms with Crippen LogP contribution in [0.3, 0.4) is 0 Å². The molecule has 2 aliphatic rings. The summed E-state index contributed by atoms with van der Waals surface area (Å²) >= 11 is 0. The fourth-order valence-electron chi connectivity index (χ4n) is 3.23. The maximum Gasteiger partial charge on any atom is 0.407 e. The van der Waals surface area contributed by atoms with Gasteiger partial charge in [0.05, 0.1) is 59.4 Å². The predicted molar refractivity (Wildman–Crippen MR) is 120 cm³/mol. The number of nitrogens with zero attached hydrogens (tertiary/aromatic N) is 1. The topological polar surface area (TPSA) is 113 Å². The fraction of sp³-hybridized carbons (Fsp3) is 0.696. The molecule has 1 atom stereocenters. The Bertz CT molecular complexity index is 634. The highest BCUT2D eigenvalue weighted by Crippen LogP contribution is 2.15. The number of imide groups is 1. The molecule has 186 valence electrons. The van der Waals surface area contributed by atoms with E-state index in [0.717, 1.165) is 37.0 Å². The van der Waals surface area contributed by atoms with Gasteiger partial charge in [0.15, 0.2) is 0 Å². The van der Waals surface area contributed by atoms with Crippen LogP contribution in [0.25, 0.3) is 0 Å². The highest BCUT2D eigenvalue weighted by molar-refractivity contribution is 6.12. The van der Waals surface area contributed by atoms with Crippen molar-refractivity contribution in [3.63, 3.8) is 0 Å². The van der Waals surface area contributed by atoms with Gasteiger partial charge in [0.1, 0.15) is 6.10 Å². The maximum absolute atomic E-state index is 11.8. The van der Waals surface area contributed by atoms with Crippen LogP contribution < -0.4 is 5.32 Å². The third-order valence-electron chi connectivity index (χ3n) is 4.98. The van der Waals surface area contributed by atoms with Gasteiger partial charge in [-0.05, 0) is 32.1 Å². The first-order valence-corrected chi connectivity index (χ1v) is 11.6. The Kier molecular flexibility index (Phi) is 14.1. The molecule has 10 nitrogen and oxygen atoms in total. The summed E-state index contributed by atoms with van der Waals surface area (Å²) in [5.74, 6) is -0.615. The Balaban J connectivity index is 1.29. The molecular formula is C23H36N2O8. The van der Waals surface area contributed by atoms with E-state index >= 15 is 0 Å². The Morgan fingerprint density at radius 3 is 2.06 bits per heavy atom. The summed E-state index contributed by atoms with van der Waals surface area (Å²) in [5.41, 5.74) is 0. The van der Waals surface area contributed by atoms with Gasteiger partial charge in [0.25, 0.3) is 11.8 Å². The Morgan fingerprint density at radius 1 is 0.818 bits per heavy atom. The van der Waals surface area contributed by atoms with Crippen molar-refractivity contribution < 1.29 is 38.1 Å². The lowest BCUT2D eigenvalue weighted by Gasteiger charge is -2.18. The highest BCUT2D eigenvalue weighted by atomic mass is 16.6. The second-order valence-corrected chi connectivity index (χ2v) is 7.54. The molecule has 2 rings (SSSR count). The molecule has 0 bridgehead atoms. The fourth-order valence-corrected chi connectivity index (χ4v) is 3.23. The van der Waals surface area contributed by atoms with E-state index in [1.165, 1.54) is 12.2 Å². The minimum Gasteiger partial charge on any atom is -0.446 e. The van der Waals surface area contributed by atoms with E-state index in [-0.39, 0.29) is 37.2 Å². The molecule has 0 saturated carbocycles. The van der Waals surface area contributed by atoms with Crippen molar-refractivity contribution >= 4 is 17.9 Å². The summed E-state index contributed by atoms with van der Waals surface area (Å²) in [6.07, 6.45) is 11.2. The lowest BCUT2D eigenvalue weighted by atomic mass is 10.0. The second-order valence-electron chi connectivity index (χ2n) is 7.54.